The minimum absolute atomic E-state index is 0.0899. The van der Waals surface area contributed by atoms with Gasteiger partial charge in [-0.1, -0.05) is 6.42 Å². The molecule has 0 aromatic carbocycles. The van der Waals surface area contributed by atoms with Gasteiger partial charge in [0.1, 0.15) is 35.4 Å². The summed E-state index contributed by atoms with van der Waals surface area (Å²) in [7, 11) is 0. The van der Waals surface area contributed by atoms with Crippen LogP contribution in [-0.2, 0) is 0 Å². The third-order valence-corrected chi connectivity index (χ3v) is 4.09. The van der Waals surface area contributed by atoms with Gasteiger partial charge in [-0.2, -0.15) is 21.0 Å². The lowest BCUT2D eigenvalue weighted by atomic mass is 9.80. The van der Waals surface area contributed by atoms with Crippen molar-refractivity contribution < 1.29 is 0 Å². The van der Waals surface area contributed by atoms with Gasteiger partial charge in [-0.3, -0.25) is 0 Å². The minimum atomic E-state index is -0.132. The van der Waals surface area contributed by atoms with Crippen molar-refractivity contribution in [3.05, 3.63) is 21.6 Å². The van der Waals surface area contributed by atoms with Crippen molar-refractivity contribution >= 4 is 11.8 Å². The highest BCUT2D eigenvalue weighted by Crippen LogP contribution is 2.41. The van der Waals surface area contributed by atoms with Gasteiger partial charge in [-0.25, -0.2) is 0 Å². The topological polar surface area (TPSA) is 95.2 Å². The van der Waals surface area contributed by atoms with E-state index in [-0.39, 0.29) is 17.1 Å². The third-order valence-electron chi connectivity index (χ3n) is 3.16. The molecular weight excluding hydrogens is 256 g/mol. The van der Waals surface area contributed by atoms with E-state index in [0.717, 1.165) is 24.8 Å². The second-order valence-electron chi connectivity index (χ2n) is 4.09. The molecule has 0 aromatic rings. The Balaban J connectivity index is 3.39. The first-order chi connectivity index (χ1) is 9.23. The average molecular weight is 268 g/mol. The predicted molar refractivity (Wildman–Crippen MR) is 72.0 cm³/mol. The summed E-state index contributed by atoms with van der Waals surface area (Å²) in [6.07, 6.45) is 5.20. The molecule has 0 N–H and O–H groups in total. The van der Waals surface area contributed by atoms with Crippen LogP contribution >= 0.6 is 11.8 Å². The SMILES string of the molecule is CSC(=C(C#N)C#N)[C@@H]1CCCCC1=C(C#N)C#N. The number of hydrogen-bond acceptors (Lipinski definition) is 5. The van der Waals surface area contributed by atoms with Crippen molar-refractivity contribution in [2.24, 2.45) is 5.92 Å². The van der Waals surface area contributed by atoms with E-state index in [0.29, 0.717) is 11.3 Å². The molecular formula is C14H12N4S. The molecule has 0 bridgehead atoms. The molecule has 0 aromatic heterocycles. The fraction of sp³-hybridized carbons (Fsp3) is 0.429. The van der Waals surface area contributed by atoms with Crippen LogP contribution in [-0.4, -0.2) is 6.26 Å². The van der Waals surface area contributed by atoms with E-state index in [4.69, 9.17) is 21.0 Å². The zero-order valence-corrected chi connectivity index (χ0v) is 11.4. The van der Waals surface area contributed by atoms with Gasteiger partial charge >= 0.3 is 0 Å². The van der Waals surface area contributed by atoms with Crippen LogP contribution in [0, 0.1) is 51.2 Å². The Morgan fingerprint density at radius 1 is 1.05 bits per heavy atom. The van der Waals surface area contributed by atoms with Gasteiger partial charge < -0.3 is 0 Å². The van der Waals surface area contributed by atoms with Crippen molar-refractivity contribution in [3.8, 4) is 24.3 Å². The van der Waals surface area contributed by atoms with Crippen LogP contribution < -0.4 is 0 Å². The highest BCUT2D eigenvalue weighted by molar-refractivity contribution is 8.02. The van der Waals surface area contributed by atoms with E-state index in [1.807, 2.05) is 30.5 Å². The molecule has 0 spiro atoms. The molecule has 1 fully saturated rings. The van der Waals surface area contributed by atoms with Crippen molar-refractivity contribution in [2.75, 3.05) is 6.26 Å². The number of allylic oxidation sites excluding steroid dienone is 4. The summed E-state index contributed by atoms with van der Waals surface area (Å²) in [4.78, 5) is 0.683. The van der Waals surface area contributed by atoms with Gasteiger partial charge in [0.05, 0.1) is 0 Å². The highest BCUT2D eigenvalue weighted by Gasteiger charge is 2.27. The molecule has 1 aliphatic rings. The lowest BCUT2D eigenvalue weighted by Crippen LogP contribution is -2.14. The standard InChI is InChI=1S/C14H12N4S/c1-19-14(11(8-17)9-18)13-5-3-2-4-12(13)10(6-15)7-16/h13H,2-5H2,1H3/t13-/m1/s1. The van der Waals surface area contributed by atoms with Crippen molar-refractivity contribution in [1.82, 2.24) is 0 Å². The minimum Gasteiger partial charge on any atom is -0.192 e. The van der Waals surface area contributed by atoms with Crippen molar-refractivity contribution in [3.63, 3.8) is 0 Å². The molecule has 1 rings (SSSR count). The van der Waals surface area contributed by atoms with Crippen LogP contribution in [0.2, 0.25) is 0 Å². The summed E-state index contributed by atoms with van der Waals surface area (Å²) in [6, 6.07) is 7.66. The summed E-state index contributed by atoms with van der Waals surface area (Å²) >= 11 is 1.36. The van der Waals surface area contributed by atoms with Crippen LogP contribution in [0.3, 0.4) is 0 Å². The zero-order chi connectivity index (χ0) is 14.3. The van der Waals surface area contributed by atoms with E-state index in [2.05, 4.69) is 0 Å². The number of hydrogen-bond donors (Lipinski definition) is 0. The molecule has 1 aliphatic carbocycles. The maximum Gasteiger partial charge on any atom is 0.139 e. The van der Waals surface area contributed by atoms with Gasteiger partial charge in [0.2, 0.25) is 0 Å². The molecule has 0 radical (unpaired) electrons. The Morgan fingerprint density at radius 2 is 1.68 bits per heavy atom. The largest absolute Gasteiger partial charge is 0.192 e. The highest BCUT2D eigenvalue weighted by atomic mass is 32.2. The molecule has 1 saturated carbocycles. The Hall–Kier alpha value is -2.21. The summed E-state index contributed by atoms with van der Waals surface area (Å²) < 4.78 is 0. The first-order valence-corrected chi connectivity index (χ1v) is 7.07. The van der Waals surface area contributed by atoms with Crippen LogP contribution in [0.1, 0.15) is 25.7 Å². The quantitative estimate of drug-likeness (QED) is 0.716. The first kappa shape index (κ1) is 14.8. The fourth-order valence-corrected chi connectivity index (χ4v) is 3.16. The Bertz CT molecular complexity index is 513. The van der Waals surface area contributed by atoms with E-state index in [9.17, 15) is 0 Å². The maximum atomic E-state index is 9.02. The van der Waals surface area contributed by atoms with Gasteiger partial charge in [0.25, 0.3) is 0 Å². The fourth-order valence-electron chi connectivity index (χ4n) is 2.32. The number of rotatable bonds is 2. The van der Waals surface area contributed by atoms with Crippen molar-refractivity contribution in [2.45, 2.75) is 25.7 Å². The van der Waals surface area contributed by atoms with Crippen LogP contribution in [0.15, 0.2) is 21.6 Å². The second-order valence-corrected chi connectivity index (χ2v) is 4.94. The van der Waals surface area contributed by atoms with Crippen LogP contribution in [0.25, 0.3) is 0 Å². The normalized spacial score (nSPS) is 17.3. The molecule has 4 nitrogen and oxygen atoms in total. The number of nitriles is 4. The molecule has 0 unspecified atom stereocenters. The summed E-state index contributed by atoms with van der Waals surface area (Å²) in [6.45, 7) is 0. The summed E-state index contributed by atoms with van der Waals surface area (Å²) in [5.41, 5.74) is 1.00. The monoisotopic (exact) mass is 268 g/mol. The van der Waals surface area contributed by atoms with Gasteiger partial charge in [-0.15, -0.1) is 11.8 Å². The van der Waals surface area contributed by atoms with Crippen LogP contribution in [0.5, 0.6) is 0 Å². The molecule has 0 aliphatic heterocycles. The van der Waals surface area contributed by atoms with E-state index < -0.39 is 0 Å². The Kier molecular flexibility index (Phi) is 5.69. The van der Waals surface area contributed by atoms with Crippen LogP contribution in [0.4, 0.5) is 0 Å². The smallest absolute Gasteiger partial charge is 0.139 e. The Labute approximate surface area is 117 Å². The van der Waals surface area contributed by atoms with E-state index in [1.54, 1.807) is 0 Å². The molecule has 1 atom stereocenters. The summed E-state index contributed by atoms with van der Waals surface area (Å²) in [5.74, 6) is -0.132. The zero-order valence-electron chi connectivity index (χ0n) is 10.6. The van der Waals surface area contributed by atoms with Gasteiger partial charge in [-0.05, 0) is 31.1 Å². The maximum absolute atomic E-state index is 9.02. The summed E-state index contributed by atoms with van der Waals surface area (Å²) in [5, 5.41) is 36.1. The number of thioether (sulfide) groups is 1. The molecule has 5 heteroatoms. The molecule has 94 valence electrons. The van der Waals surface area contributed by atoms with E-state index >= 15 is 0 Å². The Morgan fingerprint density at radius 3 is 2.16 bits per heavy atom. The molecule has 19 heavy (non-hydrogen) atoms. The van der Waals surface area contributed by atoms with E-state index in [1.165, 1.54) is 11.8 Å². The first-order valence-electron chi connectivity index (χ1n) is 5.85. The number of nitrogens with zero attached hydrogens (tertiary/aromatic N) is 4. The van der Waals surface area contributed by atoms with Gasteiger partial charge in [0.15, 0.2) is 0 Å². The molecule has 0 heterocycles. The van der Waals surface area contributed by atoms with Gasteiger partial charge in [0, 0.05) is 10.8 Å². The molecule has 0 amide bonds. The average Bonchev–Trinajstić information content (AvgIpc) is 2.46. The predicted octanol–water partition coefficient (Wildman–Crippen LogP) is 3.18. The lowest BCUT2D eigenvalue weighted by molar-refractivity contribution is 0.512. The third kappa shape index (κ3) is 3.17. The lowest BCUT2D eigenvalue weighted by Gasteiger charge is -2.27. The van der Waals surface area contributed by atoms with Crippen molar-refractivity contribution in [1.29, 1.82) is 21.0 Å². The second kappa shape index (κ2) is 7.27. The molecule has 0 saturated heterocycles.